The Kier molecular flexibility index (Phi) is 12.3. The number of ether oxygens (including phenoxy) is 1. The number of hydrazone groups is 1. The van der Waals surface area contributed by atoms with E-state index in [0.29, 0.717) is 25.0 Å². The first-order chi connectivity index (χ1) is 20.6. The van der Waals surface area contributed by atoms with Crippen LogP contribution in [-0.4, -0.2) is 92.5 Å². The van der Waals surface area contributed by atoms with E-state index in [1.54, 1.807) is 23.2 Å². The van der Waals surface area contributed by atoms with E-state index in [9.17, 15) is 18.0 Å². The molecule has 4 rings (SSSR count). The number of allylic oxidation sites excluding steroid dienone is 4. The minimum Gasteiger partial charge on any atom is -0.379 e. The van der Waals surface area contributed by atoms with Gasteiger partial charge in [0.05, 0.1) is 35.8 Å². The maximum atomic E-state index is 13.7. The first kappa shape index (κ1) is 33.3. The summed E-state index contributed by atoms with van der Waals surface area (Å²) in [6.07, 6.45) is 5.20. The van der Waals surface area contributed by atoms with E-state index in [1.807, 2.05) is 25.1 Å². The summed E-state index contributed by atoms with van der Waals surface area (Å²) in [4.78, 5) is 20.9. The molecule has 230 valence electrons. The standard InChI is InChI=1S/C20H24F3N3O2.C11H14N4/c1-4-5-8-16-12-26(18(14(16)2)13-28-10-7-6-9-27)17-11-24-25-15(3)19(17)20(21,22)23;1-14-4-6-15(7-5-14)11-3-2-10(8-12)9-13-11/h4-5,8-9,11,18,25H,1,3,6-7,10,12-13H2,2H3;2-3,9H,4-7H2,1H3/b8-5-;. The van der Waals surface area contributed by atoms with Gasteiger partial charge >= 0.3 is 6.18 Å². The normalized spacial score (nSPS) is 19.3. The van der Waals surface area contributed by atoms with Gasteiger partial charge in [0, 0.05) is 51.9 Å². The number of pyridine rings is 1. The number of alkyl halides is 3. The average Bonchev–Trinajstić information content (AvgIpc) is 3.30. The van der Waals surface area contributed by atoms with Gasteiger partial charge in [0.1, 0.15) is 23.7 Å². The lowest BCUT2D eigenvalue weighted by atomic mass is 10.1. The second-order valence-electron chi connectivity index (χ2n) is 10.2. The summed E-state index contributed by atoms with van der Waals surface area (Å²) in [5.74, 6) is 0.974. The number of aldehydes is 1. The number of halogens is 3. The Morgan fingerprint density at radius 1 is 1.26 bits per heavy atom. The van der Waals surface area contributed by atoms with Gasteiger partial charge in [-0.2, -0.15) is 23.5 Å². The largest absolute Gasteiger partial charge is 0.420 e. The van der Waals surface area contributed by atoms with Crippen LogP contribution in [0.1, 0.15) is 25.3 Å². The molecule has 1 aromatic rings. The number of likely N-dealkylation sites (N-methyl/N-ethyl adjacent to an activating group) is 1. The highest BCUT2D eigenvalue weighted by molar-refractivity contribution is 5.82. The summed E-state index contributed by atoms with van der Waals surface area (Å²) in [6, 6.07) is 5.43. The second-order valence-corrected chi connectivity index (χ2v) is 10.2. The molecule has 4 heterocycles. The van der Waals surface area contributed by atoms with Crippen LogP contribution >= 0.6 is 0 Å². The first-order valence-electron chi connectivity index (χ1n) is 14.0. The van der Waals surface area contributed by atoms with Crippen molar-refractivity contribution in [3.05, 3.63) is 83.4 Å². The van der Waals surface area contributed by atoms with Crippen LogP contribution in [0.3, 0.4) is 0 Å². The van der Waals surface area contributed by atoms with Crippen LogP contribution < -0.4 is 10.3 Å². The first-order valence-corrected chi connectivity index (χ1v) is 14.0. The van der Waals surface area contributed by atoms with E-state index in [2.05, 4.69) is 51.6 Å². The van der Waals surface area contributed by atoms with Gasteiger partial charge in [-0.3, -0.25) is 5.43 Å². The SMILES string of the molecule is C=C/C=C\C1=C(C)C(COCCCC=O)N(C2=C(C(F)(F)F)C(=C)NN=C2)C1.CN1CCN(c2ccc(C#N)cn2)CC1. The molecule has 3 aliphatic rings. The van der Waals surface area contributed by atoms with E-state index < -0.39 is 11.7 Å². The zero-order valence-corrected chi connectivity index (χ0v) is 24.6. The molecule has 0 spiro atoms. The lowest BCUT2D eigenvalue weighted by Crippen LogP contribution is -2.44. The molecular weight excluding hydrogens is 559 g/mol. The molecule has 1 fully saturated rings. The molecule has 0 bridgehead atoms. The molecular formula is C31H38F3N7O2. The fraction of sp³-hybridized carbons (Fsp3) is 0.419. The van der Waals surface area contributed by atoms with Gasteiger partial charge in [-0.15, -0.1) is 0 Å². The maximum Gasteiger partial charge on any atom is 0.420 e. The van der Waals surface area contributed by atoms with Crippen molar-refractivity contribution in [3.8, 4) is 6.07 Å². The van der Waals surface area contributed by atoms with Gasteiger partial charge in [-0.05, 0) is 43.7 Å². The molecule has 3 aliphatic heterocycles. The molecule has 1 atom stereocenters. The summed E-state index contributed by atoms with van der Waals surface area (Å²) in [7, 11) is 2.13. The molecule has 1 N–H and O–H groups in total. The third-order valence-electron chi connectivity index (χ3n) is 7.28. The molecule has 0 radical (unpaired) electrons. The van der Waals surface area contributed by atoms with Crippen molar-refractivity contribution in [1.82, 2.24) is 20.2 Å². The van der Waals surface area contributed by atoms with Crippen LogP contribution in [0.5, 0.6) is 0 Å². The summed E-state index contributed by atoms with van der Waals surface area (Å²) < 4.78 is 46.6. The van der Waals surface area contributed by atoms with E-state index in [-0.39, 0.29) is 30.6 Å². The number of nitrogens with one attached hydrogen (secondary N) is 1. The van der Waals surface area contributed by atoms with Gasteiger partial charge in [-0.1, -0.05) is 31.4 Å². The molecule has 0 aliphatic carbocycles. The minimum atomic E-state index is -4.57. The quantitative estimate of drug-likeness (QED) is 0.242. The Morgan fingerprint density at radius 2 is 2.00 bits per heavy atom. The fourth-order valence-corrected chi connectivity index (χ4v) is 4.82. The minimum absolute atomic E-state index is 0.0425. The van der Waals surface area contributed by atoms with Crippen LogP contribution in [0.15, 0.2) is 82.9 Å². The number of piperazine rings is 1. The Balaban J connectivity index is 0.000000282. The fourth-order valence-electron chi connectivity index (χ4n) is 4.82. The zero-order valence-electron chi connectivity index (χ0n) is 24.6. The number of carbonyl (C=O) groups excluding carboxylic acids is 1. The third kappa shape index (κ3) is 9.14. The number of rotatable bonds is 10. The van der Waals surface area contributed by atoms with Crippen molar-refractivity contribution >= 4 is 18.3 Å². The van der Waals surface area contributed by atoms with Crippen molar-refractivity contribution in [1.29, 1.82) is 5.26 Å². The molecule has 0 amide bonds. The topological polar surface area (TPSA) is 97.1 Å². The molecule has 0 saturated carbocycles. The number of nitriles is 1. The number of hydrogen-bond acceptors (Lipinski definition) is 9. The summed E-state index contributed by atoms with van der Waals surface area (Å²) >= 11 is 0. The highest BCUT2D eigenvalue weighted by Crippen LogP contribution is 2.38. The Hall–Kier alpha value is -4.21. The van der Waals surface area contributed by atoms with Gasteiger partial charge in [0.2, 0.25) is 0 Å². The number of hydrogen-bond donors (Lipinski definition) is 1. The van der Waals surface area contributed by atoms with E-state index in [1.165, 1.54) is 6.21 Å². The number of unbranched alkanes of at least 4 members (excludes halogenated alkanes) is 1. The molecule has 1 aromatic heterocycles. The number of nitrogens with zero attached hydrogens (tertiary/aromatic N) is 6. The summed E-state index contributed by atoms with van der Waals surface area (Å²) in [5, 5.41) is 12.5. The van der Waals surface area contributed by atoms with E-state index in [4.69, 9.17) is 10.00 Å². The molecule has 1 unspecified atom stereocenters. The van der Waals surface area contributed by atoms with Crippen LogP contribution in [0.2, 0.25) is 0 Å². The highest BCUT2D eigenvalue weighted by atomic mass is 19.4. The van der Waals surface area contributed by atoms with E-state index >= 15 is 0 Å². The van der Waals surface area contributed by atoms with Crippen molar-refractivity contribution in [2.75, 3.05) is 57.9 Å². The lowest BCUT2D eigenvalue weighted by Gasteiger charge is -2.33. The van der Waals surface area contributed by atoms with Gasteiger partial charge in [-0.25, -0.2) is 4.98 Å². The van der Waals surface area contributed by atoms with Crippen LogP contribution in [0.4, 0.5) is 19.0 Å². The molecule has 0 aromatic carbocycles. The van der Waals surface area contributed by atoms with Crippen LogP contribution in [0.25, 0.3) is 0 Å². The smallest absolute Gasteiger partial charge is 0.379 e. The number of aromatic nitrogens is 1. The summed E-state index contributed by atoms with van der Waals surface area (Å²) in [6.45, 7) is 14.0. The van der Waals surface area contributed by atoms with Crippen LogP contribution in [0, 0.1) is 11.3 Å². The summed E-state index contributed by atoms with van der Waals surface area (Å²) in [5.41, 5.74) is 3.56. The van der Waals surface area contributed by atoms with Crippen molar-refractivity contribution in [2.45, 2.75) is 32.0 Å². The van der Waals surface area contributed by atoms with E-state index in [0.717, 1.165) is 49.4 Å². The number of anilines is 1. The van der Waals surface area contributed by atoms with Crippen LogP contribution in [-0.2, 0) is 9.53 Å². The Morgan fingerprint density at radius 3 is 2.60 bits per heavy atom. The molecule has 43 heavy (non-hydrogen) atoms. The Bertz CT molecular complexity index is 1300. The van der Waals surface area contributed by atoms with Gasteiger partial charge in [0.25, 0.3) is 0 Å². The second kappa shape index (κ2) is 15.9. The molecule has 1 saturated heterocycles. The van der Waals surface area contributed by atoms with Crippen molar-refractivity contribution < 1.29 is 22.7 Å². The lowest BCUT2D eigenvalue weighted by molar-refractivity contribution is -0.108. The third-order valence-corrected chi connectivity index (χ3v) is 7.28. The highest BCUT2D eigenvalue weighted by Gasteiger charge is 2.43. The number of carbonyl (C=O) groups is 1. The predicted octanol–water partition coefficient (Wildman–Crippen LogP) is 4.35. The Labute approximate surface area is 251 Å². The average molecular weight is 598 g/mol. The predicted molar refractivity (Wildman–Crippen MR) is 161 cm³/mol. The van der Waals surface area contributed by atoms with Gasteiger partial charge < -0.3 is 24.2 Å². The van der Waals surface area contributed by atoms with Gasteiger partial charge in [0.15, 0.2) is 0 Å². The maximum absolute atomic E-state index is 13.7. The van der Waals surface area contributed by atoms with Crippen molar-refractivity contribution in [3.63, 3.8) is 0 Å². The molecule has 12 heteroatoms. The zero-order chi connectivity index (χ0) is 31.4. The monoisotopic (exact) mass is 597 g/mol. The molecule has 9 nitrogen and oxygen atoms in total. The van der Waals surface area contributed by atoms with Crippen molar-refractivity contribution in [2.24, 2.45) is 5.10 Å².